The van der Waals surface area contributed by atoms with Gasteiger partial charge in [0.05, 0.1) is 5.56 Å². The van der Waals surface area contributed by atoms with Gasteiger partial charge in [-0.3, -0.25) is 0 Å². The van der Waals surface area contributed by atoms with E-state index in [2.05, 4.69) is 9.97 Å². The Morgan fingerprint density at radius 2 is 1.36 bits per heavy atom. The van der Waals surface area contributed by atoms with Crippen molar-refractivity contribution < 1.29 is 8.83 Å². The summed E-state index contributed by atoms with van der Waals surface area (Å²) in [6.07, 6.45) is 0. The molecule has 4 nitrogen and oxygen atoms in total. The van der Waals surface area contributed by atoms with Crippen LogP contribution in [0.4, 0.5) is 0 Å². The number of hydrogen-bond donors (Lipinski definition) is 0. The first-order valence-electron chi connectivity index (χ1n) is 8.00. The summed E-state index contributed by atoms with van der Waals surface area (Å²) in [7, 11) is 0. The van der Waals surface area contributed by atoms with Gasteiger partial charge in [0.1, 0.15) is 15.9 Å². The largest absolute Gasteiger partial charge is 0.436 e. The van der Waals surface area contributed by atoms with E-state index in [4.69, 9.17) is 8.83 Å². The highest BCUT2D eigenvalue weighted by molar-refractivity contribution is 7.14. The maximum absolute atomic E-state index is 5.95. The number of nitrogens with zero attached hydrogens (tertiary/aromatic N) is 2. The Morgan fingerprint density at radius 3 is 2.04 bits per heavy atom. The van der Waals surface area contributed by atoms with Gasteiger partial charge < -0.3 is 8.83 Å². The summed E-state index contributed by atoms with van der Waals surface area (Å²) in [6.45, 7) is 4.09. The Labute approximate surface area is 147 Å². The van der Waals surface area contributed by atoms with E-state index in [0.717, 1.165) is 43.8 Å². The Balaban J connectivity index is 1.67. The summed E-state index contributed by atoms with van der Waals surface area (Å²) in [4.78, 5) is 10.2. The van der Waals surface area contributed by atoms with Crippen LogP contribution in [0.1, 0.15) is 11.1 Å². The predicted molar refractivity (Wildman–Crippen MR) is 99.8 cm³/mol. The second-order valence-electron chi connectivity index (χ2n) is 6.14. The van der Waals surface area contributed by atoms with Gasteiger partial charge in [-0.05, 0) is 60.7 Å². The highest BCUT2D eigenvalue weighted by Gasteiger charge is 2.19. The topological polar surface area (TPSA) is 52.1 Å². The summed E-state index contributed by atoms with van der Waals surface area (Å²) < 4.78 is 11.9. The first kappa shape index (κ1) is 14.4. The van der Waals surface area contributed by atoms with Crippen LogP contribution in [-0.4, -0.2) is 9.97 Å². The molecule has 0 saturated carbocycles. The molecule has 0 atom stereocenters. The minimum absolute atomic E-state index is 0.593. The molecule has 0 bridgehead atoms. The van der Waals surface area contributed by atoms with Crippen LogP contribution in [0.25, 0.3) is 44.4 Å². The molecule has 0 radical (unpaired) electrons. The number of hydrogen-bond acceptors (Lipinski definition) is 5. The Kier molecular flexibility index (Phi) is 3.05. The molecule has 0 N–H and O–H groups in total. The van der Waals surface area contributed by atoms with Crippen molar-refractivity contribution in [3.8, 4) is 22.2 Å². The van der Waals surface area contributed by atoms with Crippen molar-refractivity contribution in [1.29, 1.82) is 0 Å². The van der Waals surface area contributed by atoms with Gasteiger partial charge in [0, 0.05) is 0 Å². The highest BCUT2D eigenvalue weighted by Crippen LogP contribution is 2.38. The Hall–Kier alpha value is -2.92. The smallest absolute Gasteiger partial charge is 0.238 e. The van der Waals surface area contributed by atoms with Gasteiger partial charge in [-0.2, -0.15) is 0 Å². The lowest BCUT2D eigenvalue weighted by atomic mass is 10.2. The number of aromatic nitrogens is 2. The van der Waals surface area contributed by atoms with E-state index in [-0.39, 0.29) is 0 Å². The molecule has 5 heteroatoms. The van der Waals surface area contributed by atoms with Crippen LogP contribution in [0, 0.1) is 13.8 Å². The van der Waals surface area contributed by atoms with Crippen LogP contribution in [0.2, 0.25) is 0 Å². The molecule has 25 heavy (non-hydrogen) atoms. The maximum Gasteiger partial charge on any atom is 0.238 e. The van der Waals surface area contributed by atoms with Crippen LogP contribution in [0.3, 0.4) is 0 Å². The molecule has 0 spiro atoms. The van der Waals surface area contributed by atoms with E-state index in [1.54, 1.807) is 11.3 Å². The molecule has 0 amide bonds. The molecule has 0 aliphatic heterocycles. The fourth-order valence-electron chi connectivity index (χ4n) is 2.93. The third-order valence-electron chi connectivity index (χ3n) is 4.18. The normalized spacial score (nSPS) is 11.6. The van der Waals surface area contributed by atoms with Crippen molar-refractivity contribution in [3.05, 3.63) is 59.0 Å². The van der Waals surface area contributed by atoms with Crippen molar-refractivity contribution in [1.82, 2.24) is 9.97 Å². The molecule has 5 rings (SSSR count). The van der Waals surface area contributed by atoms with Crippen molar-refractivity contribution in [3.63, 3.8) is 0 Å². The van der Waals surface area contributed by atoms with Crippen molar-refractivity contribution in [2.24, 2.45) is 0 Å². The minimum atomic E-state index is 0.593. The fourth-order valence-corrected chi connectivity index (χ4v) is 3.74. The second kappa shape index (κ2) is 5.29. The average molecular weight is 346 g/mol. The predicted octanol–water partition coefficient (Wildman–Crippen LogP) is 5.98. The lowest BCUT2D eigenvalue weighted by Crippen LogP contribution is -1.79. The van der Waals surface area contributed by atoms with Gasteiger partial charge in [0.15, 0.2) is 11.2 Å². The standard InChI is InChI=1S/C20H14N2O2S/c1-11-3-5-16-14(9-11)21-19(23-16)13-7-8-25-18(13)20-22-15-10-12(2)4-6-17(15)24-20/h3-10H,1-2H3. The van der Waals surface area contributed by atoms with E-state index in [1.165, 1.54) is 0 Å². The molecule has 0 saturated heterocycles. The number of benzene rings is 2. The molecule has 5 aromatic rings. The third kappa shape index (κ3) is 2.36. The minimum Gasteiger partial charge on any atom is -0.436 e. The van der Waals surface area contributed by atoms with Crippen LogP contribution in [0.5, 0.6) is 0 Å². The number of oxazole rings is 2. The van der Waals surface area contributed by atoms with Crippen LogP contribution in [0.15, 0.2) is 56.7 Å². The number of fused-ring (bicyclic) bond motifs is 2. The molecule has 3 aromatic heterocycles. The maximum atomic E-state index is 5.95. The molecule has 0 aliphatic rings. The van der Waals surface area contributed by atoms with Gasteiger partial charge >= 0.3 is 0 Å². The summed E-state index contributed by atoms with van der Waals surface area (Å²) in [6, 6.07) is 14.0. The fraction of sp³-hybridized carbons (Fsp3) is 0.100. The first-order chi connectivity index (χ1) is 12.2. The molecule has 2 aromatic carbocycles. The van der Waals surface area contributed by atoms with E-state index < -0.39 is 0 Å². The molecule has 122 valence electrons. The zero-order valence-corrected chi connectivity index (χ0v) is 14.6. The monoisotopic (exact) mass is 346 g/mol. The van der Waals surface area contributed by atoms with Gasteiger partial charge in [-0.1, -0.05) is 12.1 Å². The zero-order valence-electron chi connectivity index (χ0n) is 13.7. The summed E-state index contributed by atoms with van der Waals surface area (Å²) in [5.74, 6) is 1.19. The highest BCUT2D eigenvalue weighted by atomic mass is 32.1. The average Bonchev–Trinajstić information content (AvgIpc) is 3.30. The molecule has 0 fully saturated rings. The van der Waals surface area contributed by atoms with Gasteiger partial charge in [-0.25, -0.2) is 9.97 Å². The summed E-state index contributed by atoms with van der Waals surface area (Å²) in [5.41, 5.74) is 6.52. The number of aryl methyl sites for hydroxylation is 2. The van der Waals surface area contributed by atoms with Crippen LogP contribution < -0.4 is 0 Å². The third-order valence-corrected chi connectivity index (χ3v) is 5.08. The SMILES string of the molecule is Cc1ccc2oc(-c3ccsc3-c3nc4cc(C)ccc4o3)nc2c1. The summed E-state index contributed by atoms with van der Waals surface area (Å²) >= 11 is 1.57. The lowest BCUT2D eigenvalue weighted by Gasteiger charge is -1.94. The van der Waals surface area contributed by atoms with Crippen molar-refractivity contribution in [2.45, 2.75) is 13.8 Å². The zero-order chi connectivity index (χ0) is 17.0. The van der Waals surface area contributed by atoms with Gasteiger partial charge in [0.2, 0.25) is 11.8 Å². The number of rotatable bonds is 2. The van der Waals surface area contributed by atoms with E-state index in [9.17, 15) is 0 Å². The first-order valence-corrected chi connectivity index (χ1v) is 8.88. The molecule has 3 heterocycles. The van der Waals surface area contributed by atoms with Crippen molar-refractivity contribution in [2.75, 3.05) is 0 Å². The second-order valence-corrected chi connectivity index (χ2v) is 7.06. The van der Waals surface area contributed by atoms with E-state index in [0.29, 0.717) is 11.8 Å². The molecular weight excluding hydrogens is 332 g/mol. The Morgan fingerprint density at radius 1 is 0.760 bits per heavy atom. The van der Waals surface area contributed by atoms with Crippen molar-refractivity contribution >= 4 is 33.5 Å². The molecule has 0 aliphatic carbocycles. The van der Waals surface area contributed by atoms with Crippen LogP contribution in [-0.2, 0) is 0 Å². The van der Waals surface area contributed by atoms with E-state index in [1.807, 2.05) is 61.7 Å². The van der Waals surface area contributed by atoms with E-state index >= 15 is 0 Å². The summed E-state index contributed by atoms with van der Waals surface area (Å²) in [5, 5.41) is 2.00. The Bertz CT molecular complexity index is 1130. The van der Waals surface area contributed by atoms with Gasteiger partial charge in [0.25, 0.3) is 0 Å². The quantitative estimate of drug-likeness (QED) is 0.394. The van der Waals surface area contributed by atoms with Gasteiger partial charge in [-0.15, -0.1) is 11.3 Å². The lowest BCUT2D eigenvalue weighted by molar-refractivity contribution is 0.613. The number of thiophene rings is 1. The molecule has 0 unspecified atom stereocenters. The molecular formula is C20H14N2O2S. The van der Waals surface area contributed by atoms with Crippen LogP contribution >= 0.6 is 11.3 Å².